The van der Waals surface area contributed by atoms with Crippen molar-refractivity contribution in [2.24, 2.45) is 7.05 Å². The molecule has 1 N–H and O–H groups in total. The number of H-pyrrole nitrogens is 1. The lowest BCUT2D eigenvalue weighted by Gasteiger charge is -2.37. The number of nitrogens with one attached hydrogen (secondary N) is 1. The average Bonchev–Trinajstić information content (AvgIpc) is 2.82. The highest BCUT2D eigenvalue weighted by Crippen LogP contribution is 2.32. The molecular weight excluding hydrogens is 456 g/mol. The van der Waals surface area contributed by atoms with Gasteiger partial charge < -0.3 is 19.2 Å². The molecule has 8 nitrogen and oxygen atoms in total. The third-order valence-corrected chi connectivity index (χ3v) is 6.23. The molecule has 0 amide bonds. The maximum absolute atomic E-state index is 14.9. The van der Waals surface area contributed by atoms with Crippen molar-refractivity contribution < 1.29 is 13.5 Å². The van der Waals surface area contributed by atoms with Crippen LogP contribution in [-0.4, -0.2) is 38.7 Å². The normalized spacial score (nSPS) is 18.3. The molecule has 0 radical (unpaired) electrons. The lowest BCUT2D eigenvalue weighted by Crippen LogP contribution is -2.44. The number of benzene rings is 1. The molecule has 0 aliphatic carbocycles. The van der Waals surface area contributed by atoms with E-state index in [1.165, 1.54) is 16.7 Å². The Morgan fingerprint density at radius 3 is 2.60 bits per heavy atom. The summed E-state index contributed by atoms with van der Waals surface area (Å²) >= 11 is 0. The molecule has 4 aromatic rings. The Bertz CT molecular complexity index is 1550. The number of halogens is 2. The van der Waals surface area contributed by atoms with E-state index in [1.54, 1.807) is 32.3 Å². The highest BCUT2D eigenvalue weighted by Gasteiger charge is 2.29. The second-order valence-corrected chi connectivity index (χ2v) is 8.74. The number of pyridine rings is 2. The number of aromatic amines is 1. The van der Waals surface area contributed by atoms with E-state index in [4.69, 9.17) is 4.74 Å². The number of fused-ring (bicyclic) bond motifs is 1. The quantitative estimate of drug-likeness (QED) is 0.485. The molecule has 1 aliphatic heterocycles. The summed E-state index contributed by atoms with van der Waals surface area (Å²) in [6.07, 6.45) is 0.996. The summed E-state index contributed by atoms with van der Waals surface area (Å²) < 4.78 is 36.0. The fourth-order valence-corrected chi connectivity index (χ4v) is 4.33. The van der Waals surface area contributed by atoms with Gasteiger partial charge in [-0.2, -0.15) is 0 Å². The summed E-state index contributed by atoms with van der Waals surface area (Å²) in [5.74, 6) is -1.25. The second kappa shape index (κ2) is 8.70. The van der Waals surface area contributed by atoms with E-state index in [9.17, 15) is 18.4 Å². The summed E-state index contributed by atoms with van der Waals surface area (Å²) in [6, 6.07) is 8.11. The number of morpholine rings is 1. The molecule has 0 bridgehead atoms. The predicted octanol–water partition coefficient (Wildman–Crippen LogP) is 3.24. The maximum Gasteiger partial charge on any atom is 0.277 e. The highest BCUT2D eigenvalue weighted by molar-refractivity contribution is 5.93. The number of aryl methyl sites for hydroxylation is 1. The number of ether oxygens (including phenoxy) is 1. The number of rotatable bonds is 3. The van der Waals surface area contributed by atoms with Crippen molar-refractivity contribution >= 4 is 16.9 Å². The lowest BCUT2D eigenvalue weighted by atomic mass is 10.1. The molecule has 0 unspecified atom stereocenters. The van der Waals surface area contributed by atoms with Crippen LogP contribution < -0.4 is 16.0 Å². The fraction of sp³-hybridized carbons (Fsp3) is 0.280. The summed E-state index contributed by atoms with van der Waals surface area (Å²) in [4.78, 5) is 38.4. The van der Waals surface area contributed by atoms with Crippen LogP contribution in [0.1, 0.15) is 24.3 Å². The van der Waals surface area contributed by atoms with Gasteiger partial charge in [-0.25, -0.2) is 18.7 Å². The first-order chi connectivity index (χ1) is 16.7. The first kappa shape index (κ1) is 22.9. The van der Waals surface area contributed by atoms with Crippen LogP contribution in [0.25, 0.3) is 22.2 Å². The largest absolute Gasteiger partial charge is 0.367 e. The molecule has 180 valence electrons. The van der Waals surface area contributed by atoms with Gasteiger partial charge in [0.15, 0.2) is 0 Å². The Labute approximate surface area is 198 Å². The van der Waals surface area contributed by atoms with Crippen molar-refractivity contribution in [2.75, 3.05) is 18.0 Å². The molecule has 10 heteroatoms. The van der Waals surface area contributed by atoms with Crippen LogP contribution in [0.5, 0.6) is 0 Å². The van der Waals surface area contributed by atoms with E-state index >= 15 is 0 Å². The van der Waals surface area contributed by atoms with Crippen LogP contribution in [0.15, 0.2) is 52.2 Å². The van der Waals surface area contributed by atoms with Crippen molar-refractivity contribution in [3.05, 3.63) is 86.2 Å². The Balaban J connectivity index is 1.68. The van der Waals surface area contributed by atoms with Gasteiger partial charge in [0.25, 0.3) is 5.56 Å². The van der Waals surface area contributed by atoms with E-state index < -0.39 is 11.6 Å². The fourth-order valence-electron chi connectivity index (χ4n) is 4.33. The molecule has 1 saturated heterocycles. The van der Waals surface area contributed by atoms with Crippen LogP contribution >= 0.6 is 0 Å². The van der Waals surface area contributed by atoms with Crippen molar-refractivity contribution in [2.45, 2.75) is 26.1 Å². The molecule has 1 aliphatic rings. The third kappa shape index (κ3) is 4.21. The topological polar surface area (TPSA) is 93.1 Å². The van der Waals surface area contributed by atoms with Gasteiger partial charge in [-0.15, -0.1) is 0 Å². The van der Waals surface area contributed by atoms with Gasteiger partial charge in [0, 0.05) is 48.6 Å². The summed E-state index contributed by atoms with van der Waals surface area (Å²) in [5, 5.41) is 0.387. The summed E-state index contributed by atoms with van der Waals surface area (Å²) in [7, 11) is 1.64. The van der Waals surface area contributed by atoms with Crippen molar-refractivity contribution in [3.63, 3.8) is 0 Å². The van der Waals surface area contributed by atoms with Gasteiger partial charge in [0.1, 0.15) is 23.3 Å². The van der Waals surface area contributed by atoms with Crippen molar-refractivity contribution in [1.29, 1.82) is 0 Å². The smallest absolute Gasteiger partial charge is 0.277 e. The zero-order valence-electron chi connectivity index (χ0n) is 19.4. The van der Waals surface area contributed by atoms with Crippen LogP contribution in [0.2, 0.25) is 0 Å². The van der Waals surface area contributed by atoms with Gasteiger partial charge in [-0.1, -0.05) is 0 Å². The lowest BCUT2D eigenvalue weighted by molar-refractivity contribution is -0.0180. The van der Waals surface area contributed by atoms with Crippen molar-refractivity contribution in [1.82, 2.24) is 19.5 Å². The molecule has 1 aromatic carbocycles. The number of aromatic nitrogens is 4. The summed E-state index contributed by atoms with van der Waals surface area (Å²) in [6.45, 7) is 4.44. The number of anilines is 1. The molecule has 35 heavy (non-hydrogen) atoms. The monoisotopic (exact) mass is 479 g/mol. The van der Waals surface area contributed by atoms with Crippen LogP contribution in [0.4, 0.5) is 14.7 Å². The van der Waals surface area contributed by atoms with E-state index in [0.717, 1.165) is 17.7 Å². The Morgan fingerprint density at radius 2 is 1.89 bits per heavy atom. The molecular formula is C25H23F2N5O3. The minimum absolute atomic E-state index is 0.0752. The van der Waals surface area contributed by atoms with Gasteiger partial charge in [-0.05, 0) is 43.7 Å². The molecule has 5 rings (SSSR count). The first-order valence-electron chi connectivity index (χ1n) is 11.1. The predicted molar refractivity (Wildman–Crippen MR) is 127 cm³/mol. The Morgan fingerprint density at radius 1 is 1.09 bits per heavy atom. The molecule has 4 heterocycles. The van der Waals surface area contributed by atoms with Gasteiger partial charge in [0.2, 0.25) is 11.5 Å². The van der Waals surface area contributed by atoms with Crippen LogP contribution in [0, 0.1) is 18.6 Å². The second-order valence-electron chi connectivity index (χ2n) is 8.74. The molecule has 0 saturated carbocycles. The zero-order chi connectivity index (χ0) is 24.9. The third-order valence-electron chi connectivity index (χ3n) is 6.23. The number of nitrogens with zero attached hydrogens (tertiary/aromatic N) is 4. The number of hydrogen-bond donors (Lipinski definition) is 1. The van der Waals surface area contributed by atoms with E-state index in [2.05, 4.69) is 15.0 Å². The maximum atomic E-state index is 14.9. The zero-order valence-corrected chi connectivity index (χ0v) is 19.4. The van der Waals surface area contributed by atoms with E-state index in [-0.39, 0.29) is 46.0 Å². The van der Waals surface area contributed by atoms with Crippen LogP contribution in [0.3, 0.4) is 0 Å². The highest BCUT2D eigenvalue weighted by atomic mass is 19.1. The van der Waals surface area contributed by atoms with Gasteiger partial charge in [0.05, 0.1) is 18.3 Å². The molecule has 2 atom stereocenters. The first-order valence-corrected chi connectivity index (χ1v) is 11.1. The standard InChI is InChI=1S/C25H23F2N5O3/c1-13-8-18-22(17-6-5-16(26)9-19(17)27)29-25(30-23(18)24(34)31(13)3)32-11-14(2)35-20(12-32)15-4-7-21(33)28-10-15/h4-10,14,20H,11-12H2,1-3H3,(H,28,33)/t14-,20-/m1/s1. The SMILES string of the molecule is Cc1cc2c(-c3ccc(F)cc3F)nc(N3C[C@@H](C)O[C@@H](c4ccc(=O)[nH]c4)C3)nc2c(=O)n1C. The Hall–Kier alpha value is -3.92. The minimum atomic E-state index is -0.782. The average molecular weight is 479 g/mol. The minimum Gasteiger partial charge on any atom is -0.367 e. The summed E-state index contributed by atoms with van der Waals surface area (Å²) in [5.41, 5.74) is 1.30. The van der Waals surface area contributed by atoms with Gasteiger partial charge >= 0.3 is 0 Å². The van der Waals surface area contributed by atoms with Crippen LogP contribution in [-0.2, 0) is 11.8 Å². The van der Waals surface area contributed by atoms with E-state index in [1.807, 2.05) is 11.8 Å². The molecule has 1 fully saturated rings. The van der Waals surface area contributed by atoms with Crippen molar-refractivity contribution in [3.8, 4) is 11.3 Å². The molecule has 0 spiro atoms. The van der Waals surface area contributed by atoms with E-state index in [0.29, 0.717) is 24.2 Å². The van der Waals surface area contributed by atoms with Gasteiger partial charge in [-0.3, -0.25) is 9.59 Å². The molecule has 3 aromatic heterocycles. The Kier molecular flexibility index (Phi) is 5.68. The number of hydrogen-bond acceptors (Lipinski definition) is 6.